The van der Waals surface area contributed by atoms with E-state index in [2.05, 4.69) is 169 Å². The summed E-state index contributed by atoms with van der Waals surface area (Å²) in [4.78, 5) is 18.7. The Kier molecular flexibility index (Phi) is 12.9. The van der Waals surface area contributed by atoms with Gasteiger partial charge in [-0.05, 0) is 241 Å². The number of hydrogen-bond acceptors (Lipinski definition) is 6. The lowest BCUT2D eigenvalue weighted by Crippen LogP contribution is -2.13. The van der Waals surface area contributed by atoms with Crippen molar-refractivity contribution in [1.29, 1.82) is 0 Å². The van der Waals surface area contributed by atoms with Gasteiger partial charge in [-0.2, -0.15) is 0 Å². The van der Waals surface area contributed by atoms with Crippen LogP contribution in [0, 0.1) is 69.2 Å². The molecular formula is C60H66N4O2. The zero-order chi connectivity index (χ0) is 48.2. The molecule has 2 heterocycles. The van der Waals surface area contributed by atoms with E-state index in [0.29, 0.717) is 22.5 Å². The van der Waals surface area contributed by atoms with E-state index < -0.39 is 0 Å². The van der Waals surface area contributed by atoms with Crippen molar-refractivity contribution in [3.05, 3.63) is 163 Å². The van der Waals surface area contributed by atoms with Crippen LogP contribution in [0.1, 0.15) is 119 Å². The summed E-state index contributed by atoms with van der Waals surface area (Å²) in [5.41, 5.74) is 24.6. The lowest BCUT2D eigenvalue weighted by atomic mass is 9.80. The van der Waals surface area contributed by atoms with Crippen LogP contribution in [-0.2, 0) is 10.8 Å². The normalized spacial score (nSPS) is 12.2. The van der Waals surface area contributed by atoms with Crippen LogP contribution in [-0.4, -0.2) is 32.6 Å². The SMILES string of the molecule is Cc1cc(N=Cc2cc(-c3c(C)c(C)c(-c4ccncc4)c(C)c3C)cc(C(C)(C)C)c2O)c(N=Cc2cc(-c3c(C)c(C)c(-c4ccncc4)c(C)c3C)cc(C(C)(C)C)c2O)cc1C. The maximum Gasteiger partial charge on any atom is 0.128 e. The highest BCUT2D eigenvalue weighted by atomic mass is 16.3. The Morgan fingerprint density at radius 1 is 0.394 bits per heavy atom. The minimum Gasteiger partial charge on any atom is -0.507 e. The van der Waals surface area contributed by atoms with Crippen LogP contribution in [0.15, 0.2) is 95.4 Å². The van der Waals surface area contributed by atoms with Gasteiger partial charge in [0.1, 0.15) is 11.5 Å². The van der Waals surface area contributed by atoms with E-state index in [4.69, 9.17) is 9.98 Å². The number of benzene rings is 5. The molecule has 0 radical (unpaired) electrons. The average Bonchev–Trinajstić information content (AvgIpc) is 3.26. The molecular weight excluding hydrogens is 809 g/mol. The molecule has 66 heavy (non-hydrogen) atoms. The fourth-order valence-corrected chi connectivity index (χ4v) is 9.61. The number of hydrogen-bond donors (Lipinski definition) is 2. The zero-order valence-corrected chi connectivity index (χ0v) is 41.9. The van der Waals surface area contributed by atoms with E-state index in [1.807, 2.05) is 36.9 Å². The topological polar surface area (TPSA) is 91.0 Å². The van der Waals surface area contributed by atoms with Crippen LogP contribution in [0.5, 0.6) is 11.5 Å². The third kappa shape index (κ3) is 8.86. The van der Waals surface area contributed by atoms with E-state index >= 15 is 0 Å². The summed E-state index contributed by atoms with van der Waals surface area (Å²) in [6.07, 6.45) is 10.9. The number of nitrogens with zero attached hydrogens (tertiary/aromatic N) is 4. The Labute approximate surface area is 393 Å². The van der Waals surface area contributed by atoms with Gasteiger partial charge in [0, 0.05) is 59.5 Å². The van der Waals surface area contributed by atoms with E-state index in [-0.39, 0.29) is 22.3 Å². The standard InChI is InChI=1S/C60H66N4O2/c1-33-25-51(63-31-47-27-45(29-49(57(47)65)59(11,12)13)55-39(7)35(3)53(36(4)40(55)8)43-17-21-61-22-18-43)52(26-34(33)2)64-32-48-28-46(30-50(58(48)66)60(14,15)16)56-41(9)37(5)54(38(6)42(56)10)44-19-23-62-24-20-44/h17-32,65-66H,1-16H3. The highest BCUT2D eigenvalue weighted by Gasteiger charge is 2.26. The maximum atomic E-state index is 12.0. The molecule has 0 amide bonds. The van der Waals surface area contributed by atoms with Gasteiger partial charge in [0.2, 0.25) is 0 Å². The number of aromatic hydroxyl groups is 2. The number of aliphatic imine (C=N–C) groups is 2. The van der Waals surface area contributed by atoms with E-state index in [1.54, 1.807) is 12.4 Å². The second-order valence-corrected chi connectivity index (χ2v) is 20.3. The molecule has 5 aromatic carbocycles. The molecule has 6 heteroatoms. The molecule has 7 rings (SSSR count). The first-order valence-electron chi connectivity index (χ1n) is 23.0. The molecule has 0 saturated carbocycles. The second kappa shape index (κ2) is 18.0. The van der Waals surface area contributed by atoms with Gasteiger partial charge in [-0.25, -0.2) is 0 Å². The van der Waals surface area contributed by atoms with Gasteiger partial charge in [0.15, 0.2) is 0 Å². The summed E-state index contributed by atoms with van der Waals surface area (Å²) in [5.74, 6) is 0.421. The number of pyridine rings is 2. The molecule has 0 aliphatic carbocycles. The van der Waals surface area contributed by atoms with Gasteiger partial charge >= 0.3 is 0 Å². The smallest absolute Gasteiger partial charge is 0.128 e. The van der Waals surface area contributed by atoms with Gasteiger partial charge in [0.05, 0.1) is 11.4 Å². The van der Waals surface area contributed by atoms with E-state index in [9.17, 15) is 10.2 Å². The summed E-state index contributed by atoms with van der Waals surface area (Å²) in [5, 5.41) is 23.9. The first-order chi connectivity index (χ1) is 31.0. The molecule has 0 atom stereocenters. The highest BCUT2D eigenvalue weighted by molar-refractivity contribution is 5.94. The van der Waals surface area contributed by atoms with Crippen molar-refractivity contribution in [1.82, 2.24) is 9.97 Å². The summed E-state index contributed by atoms with van der Waals surface area (Å²) < 4.78 is 0. The zero-order valence-electron chi connectivity index (χ0n) is 41.9. The van der Waals surface area contributed by atoms with E-state index in [1.165, 1.54) is 55.6 Å². The lowest BCUT2D eigenvalue weighted by Gasteiger charge is -2.25. The quantitative estimate of drug-likeness (QED) is 0.149. The van der Waals surface area contributed by atoms with Crippen LogP contribution in [0.4, 0.5) is 11.4 Å². The summed E-state index contributed by atoms with van der Waals surface area (Å²) >= 11 is 0. The monoisotopic (exact) mass is 875 g/mol. The van der Waals surface area contributed by atoms with Crippen molar-refractivity contribution in [2.75, 3.05) is 0 Å². The molecule has 0 saturated heterocycles. The molecule has 0 aliphatic rings. The number of phenolic OH excluding ortho intramolecular Hbond substituents is 2. The van der Waals surface area contributed by atoms with Gasteiger partial charge in [-0.15, -0.1) is 0 Å². The number of aromatic nitrogens is 2. The second-order valence-electron chi connectivity index (χ2n) is 20.3. The molecule has 2 aromatic heterocycles. The molecule has 2 N–H and O–H groups in total. The highest BCUT2D eigenvalue weighted by Crippen LogP contribution is 2.45. The minimum atomic E-state index is -0.347. The predicted molar refractivity (Wildman–Crippen MR) is 279 cm³/mol. The molecule has 0 spiro atoms. The molecule has 0 bridgehead atoms. The maximum absolute atomic E-state index is 12.0. The van der Waals surface area contributed by atoms with Crippen molar-refractivity contribution in [3.8, 4) is 56.0 Å². The van der Waals surface area contributed by atoms with Crippen molar-refractivity contribution >= 4 is 23.8 Å². The van der Waals surface area contributed by atoms with Crippen LogP contribution < -0.4 is 0 Å². The van der Waals surface area contributed by atoms with Gasteiger partial charge < -0.3 is 10.2 Å². The van der Waals surface area contributed by atoms with E-state index in [0.717, 1.165) is 55.6 Å². The Morgan fingerprint density at radius 3 is 0.939 bits per heavy atom. The first kappa shape index (κ1) is 47.3. The molecule has 7 aromatic rings. The Hall–Kier alpha value is -6.66. The largest absolute Gasteiger partial charge is 0.507 e. The molecule has 0 aliphatic heterocycles. The van der Waals surface area contributed by atoms with Crippen LogP contribution >= 0.6 is 0 Å². The fourth-order valence-electron chi connectivity index (χ4n) is 9.61. The lowest BCUT2D eigenvalue weighted by molar-refractivity contribution is 0.445. The van der Waals surface area contributed by atoms with Crippen LogP contribution in [0.2, 0.25) is 0 Å². The van der Waals surface area contributed by atoms with Gasteiger partial charge in [-0.1, -0.05) is 41.5 Å². The summed E-state index contributed by atoms with van der Waals surface area (Å²) in [6, 6.07) is 20.8. The Morgan fingerprint density at radius 2 is 0.667 bits per heavy atom. The molecule has 338 valence electrons. The third-order valence-corrected chi connectivity index (χ3v) is 13.9. The number of phenols is 2. The van der Waals surface area contributed by atoms with Crippen LogP contribution in [0.25, 0.3) is 44.5 Å². The molecule has 0 unspecified atom stereocenters. The minimum absolute atomic E-state index is 0.211. The number of aryl methyl sites for hydroxylation is 2. The summed E-state index contributed by atoms with van der Waals surface area (Å²) in [7, 11) is 0. The third-order valence-electron chi connectivity index (χ3n) is 13.9. The van der Waals surface area contributed by atoms with Crippen molar-refractivity contribution in [2.45, 2.75) is 122 Å². The molecule has 0 fully saturated rings. The van der Waals surface area contributed by atoms with Crippen LogP contribution in [0.3, 0.4) is 0 Å². The predicted octanol–water partition coefficient (Wildman–Crippen LogP) is 15.7. The Balaban J connectivity index is 1.35. The van der Waals surface area contributed by atoms with Gasteiger partial charge in [-0.3, -0.25) is 20.0 Å². The van der Waals surface area contributed by atoms with Gasteiger partial charge in [0.25, 0.3) is 0 Å². The summed E-state index contributed by atoms with van der Waals surface area (Å²) in [6.45, 7) is 34.5. The first-order valence-corrected chi connectivity index (χ1v) is 23.0. The fraction of sp³-hybridized carbons (Fsp3) is 0.300. The number of rotatable bonds is 8. The van der Waals surface area contributed by atoms with Crippen molar-refractivity contribution in [2.24, 2.45) is 9.98 Å². The Bertz CT molecular complexity index is 2820. The molecule has 6 nitrogen and oxygen atoms in total. The van der Waals surface area contributed by atoms with Crippen molar-refractivity contribution in [3.63, 3.8) is 0 Å². The average molecular weight is 875 g/mol. The van der Waals surface area contributed by atoms with Crippen molar-refractivity contribution < 1.29 is 10.2 Å².